The van der Waals surface area contributed by atoms with Crippen LogP contribution in [0.15, 0.2) is 18.2 Å². The fraction of sp³-hybridized carbons (Fsp3) is 0.533. The quantitative estimate of drug-likeness (QED) is 0.824. The van der Waals surface area contributed by atoms with Crippen molar-refractivity contribution in [3.63, 3.8) is 0 Å². The Bertz CT molecular complexity index is 453. The van der Waals surface area contributed by atoms with Gasteiger partial charge in [-0.25, -0.2) is 4.39 Å². The normalized spacial score (nSPS) is 23.1. The van der Waals surface area contributed by atoms with E-state index in [2.05, 4.69) is 12.2 Å². The molecule has 1 aliphatic carbocycles. The molecule has 1 fully saturated rings. The van der Waals surface area contributed by atoms with Crippen molar-refractivity contribution >= 4 is 11.6 Å². The third kappa shape index (κ3) is 3.46. The number of halogens is 1. The standard InChI is InChI=1S/C15H21FN2O/c1-2-10-3-6-12(7-4-10)18-15(19)11-5-8-14(17)13(16)9-11/h5,8-10,12H,2-4,6-7,17H2,1H3,(H,18,19). The van der Waals surface area contributed by atoms with E-state index in [1.807, 2.05) is 0 Å². The number of anilines is 1. The highest BCUT2D eigenvalue weighted by molar-refractivity contribution is 5.94. The van der Waals surface area contributed by atoms with Gasteiger partial charge < -0.3 is 11.1 Å². The number of rotatable bonds is 3. The van der Waals surface area contributed by atoms with Gasteiger partial charge in [0.25, 0.3) is 5.91 Å². The number of hydrogen-bond acceptors (Lipinski definition) is 2. The highest BCUT2D eigenvalue weighted by Gasteiger charge is 2.21. The summed E-state index contributed by atoms with van der Waals surface area (Å²) in [5, 5.41) is 2.98. The first kappa shape index (κ1) is 13.8. The van der Waals surface area contributed by atoms with Crippen LogP contribution >= 0.6 is 0 Å². The van der Waals surface area contributed by atoms with Crippen molar-refractivity contribution in [1.29, 1.82) is 0 Å². The summed E-state index contributed by atoms with van der Waals surface area (Å²) in [5.74, 6) is 0.0447. The first-order valence-corrected chi connectivity index (χ1v) is 6.96. The van der Waals surface area contributed by atoms with Crippen LogP contribution in [0.2, 0.25) is 0 Å². The molecule has 1 amide bonds. The van der Waals surface area contributed by atoms with E-state index < -0.39 is 5.82 Å². The molecule has 4 heteroatoms. The Hall–Kier alpha value is -1.58. The predicted octanol–water partition coefficient (Wildman–Crippen LogP) is 3.11. The van der Waals surface area contributed by atoms with E-state index in [9.17, 15) is 9.18 Å². The molecule has 0 unspecified atom stereocenters. The minimum Gasteiger partial charge on any atom is -0.396 e. The van der Waals surface area contributed by atoms with Crippen LogP contribution in [-0.2, 0) is 0 Å². The number of carbonyl (C=O) groups is 1. The number of hydrogen-bond donors (Lipinski definition) is 2. The van der Waals surface area contributed by atoms with Crippen molar-refractivity contribution in [3.05, 3.63) is 29.6 Å². The first-order valence-electron chi connectivity index (χ1n) is 6.96. The number of nitrogens with two attached hydrogens (primary N) is 1. The van der Waals surface area contributed by atoms with Gasteiger partial charge in [-0.1, -0.05) is 13.3 Å². The summed E-state index contributed by atoms with van der Waals surface area (Å²) in [6.45, 7) is 2.21. The molecule has 1 aromatic carbocycles. The molecule has 3 N–H and O–H groups in total. The topological polar surface area (TPSA) is 55.1 Å². The summed E-state index contributed by atoms with van der Waals surface area (Å²) in [7, 11) is 0. The molecule has 0 aromatic heterocycles. The van der Waals surface area contributed by atoms with Crippen LogP contribution in [0.4, 0.5) is 10.1 Å². The van der Waals surface area contributed by atoms with Gasteiger partial charge in [0, 0.05) is 11.6 Å². The Morgan fingerprint density at radius 3 is 2.63 bits per heavy atom. The van der Waals surface area contributed by atoms with Crippen molar-refractivity contribution < 1.29 is 9.18 Å². The van der Waals surface area contributed by atoms with Gasteiger partial charge in [0.15, 0.2) is 0 Å². The molecule has 1 aromatic rings. The van der Waals surface area contributed by atoms with Crippen LogP contribution in [0, 0.1) is 11.7 Å². The Morgan fingerprint density at radius 1 is 1.37 bits per heavy atom. The van der Waals surface area contributed by atoms with E-state index in [-0.39, 0.29) is 17.6 Å². The van der Waals surface area contributed by atoms with E-state index >= 15 is 0 Å². The summed E-state index contributed by atoms with van der Waals surface area (Å²) in [6, 6.07) is 4.40. The van der Waals surface area contributed by atoms with Gasteiger partial charge in [0.05, 0.1) is 5.69 Å². The summed E-state index contributed by atoms with van der Waals surface area (Å²) in [4.78, 5) is 12.0. The van der Waals surface area contributed by atoms with Crippen LogP contribution in [0.3, 0.4) is 0 Å². The maximum atomic E-state index is 13.3. The molecule has 2 rings (SSSR count). The minimum atomic E-state index is -0.539. The summed E-state index contributed by atoms with van der Waals surface area (Å²) in [5.41, 5.74) is 5.80. The third-order valence-electron chi connectivity index (χ3n) is 4.02. The molecule has 3 nitrogen and oxygen atoms in total. The lowest BCUT2D eigenvalue weighted by atomic mass is 9.84. The van der Waals surface area contributed by atoms with Crippen LogP contribution in [0.25, 0.3) is 0 Å². The summed E-state index contributed by atoms with van der Waals surface area (Å²) >= 11 is 0. The monoisotopic (exact) mass is 264 g/mol. The second-order valence-electron chi connectivity index (χ2n) is 5.34. The zero-order valence-electron chi connectivity index (χ0n) is 11.3. The highest BCUT2D eigenvalue weighted by Crippen LogP contribution is 2.26. The molecule has 0 spiro atoms. The lowest BCUT2D eigenvalue weighted by Gasteiger charge is -2.28. The Balaban J connectivity index is 1.92. The lowest BCUT2D eigenvalue weighted by molar-refractivity contribution is 0.0921. The van der Waals surface area contributed by atoms with Crippen LogP contribution in [-0.4, -0.2) is 11.9 Å². The Morgan fingerprint density at radius 2 is 2.05 bits per heavy atom. The van der Waals surface area contributed by atoms with Crippen molar-refractivity contribution in [3.8, 4) is 0 Å². The fourth-order valence-corrected chi connectivity index (χ4v) is 2.65. The maximum Gasteiger partial charge on any atom is 0.251 e. The number of amides is 1. The van der Waals surface area contributed by atoms with E-state index in [1.54, 1.807) is 6.07 Å². The maximum absolute atomic E-state index is 13.3. The van der Waals surface area contributed by atoms with Crippen molar-refractivity contribution in [2.45, 2.75) is 45.1 Å². The van der Waals surface area contributed by atoms with Crippen LogP contribution < -0.4 is 11.1 Å². The molecular formula is C15H21FN2O. The summed E-state index contributed by atoms with van der Waals surface area (Å²) in [6.07, 6.45) is 5.57. The van der Waals surface area contributed by atoms with E-state index in [0.29, 0.717) is 5.56 Å². The molecular weight excluding hydrogens is 243 g/mol. The molecule has 0 aliphatic heterocycles. The Labute approximate surface area is 113 Å². The molecule has 0 radical (unpaired) electrons. The molecule has 0 atom stereocenters. The number of carbonyl (C=O) groups excluding carboxylic acids is 1. The highest BCUT2D eigenvalue weighted by atomic mass is 19.1. The van der Waals surface area contributed by atoms with Gasteiger partial charge in [-0.3, -0.25) is 4.79 Å². The molecule has 0 bridgehead atoms. The smallest absolute Gasteiger partial charge is 0.251 e. The molecule has 0 saturated heterocycles. The number of nitrogens with one attached hydrogen (secondary N) is 1. The van der Waals surface area contributed by atoms with Crippen LogP contribution in [0.1, 0.15) is 49.4 Å². The van der Waals surface area contributed by atoms with Gasteiger partial charge in [-0.2, -0.15) is 0 Å². The average molecular weight is 264 g/mol. The van der Waals surface area contributed by atoms with Gasteiger partial charge >= 0.3 is 0 Å². The lowest BCUT2D eigenvalue weighted by Crippen LogP contribution is -2.37. The minimum absolute atomic E-state index is 0.0694. The van der Waals surface area contributed by atoms with E-state index in [1.165, 1.54) is 18.6 Å². The van der Waals surface area contributed by atoms with Crippen molar-refractivity contribution in [2.75, 3.05) is 5.73 Å². The largest absolute Gasteiger partial charge is 0.396 e. The second kappa shape index (κ2) is 6.04. The molecule has 104 valence electrons. The molecule has 1 saturated carbocycles. The van der Waals surface area contributed by atoms with Gasteiger partial charge in [0.1, 0.15) is 5.82 Å². The zero-order chi connectivity index (χ0) is 13.8. The SMILES string of the molecule is CCC1CCC(NC(=O)c2ccc(N)c(F)c2)CC1. The molecule has 0 heterocycles. The van der Waals surface area contributed by atoms with Gasteiger partial charge in [-0.15, -0.1) is 0 Å². The number of benzene rings is 1. The zero-order valence-corrected chi connectivity index (χ0v) is 11.3. The van der Waals surface area contributed by atoms with Crippen molar-refractivity contribution in [2.24, 2.45) is 5.92 Å². The average Bonchev–Trinajstić information content (AvgIpc) is 2.42. The molecule has 19 heavy (non-hydrogen) atoms. The van der Waals surface area contributed by atoms with E-state index in [4.69, 9.17) is 5.73 Å². The Kier molecular flexibility index (Phi) is 4.40. The van der Waals surface area contributed by atoms with Crippen molar-refractivity contribution in [1.82, 2.24) is 5.32 Å². The number of nitrogen functional groups attached to an aromatic ring is 1. The molecule has 1 aliphatic rings. The summed E-state index contributed by atoms with van der Waals surface area (Å²) < 4.78 is 13.3. The van der Waals surface area contributed by atoms with E-state index in [0.717, 1.165) is 31.6 Å². The fourth-order valence-electron chi connectivity index (χ4n) is 2.65. The van der Waals surface area contributed by atoms with Crippen LogP contribution in [0.5, 0.6) is 0 Å². The third-order valence-corrected chi connectivity index (χ3v) is 4.02. The van der Waals surface area contributed by atoms with Gasteiger partial charge in [-0.05, 0) is 49.8 Å². The van der Waals surface area contributed by atoms with Gasteiger partial charge in [0.2, 0.25) is 0 Å². The second-order valence-corrected chi connectivity index (χ2v) is 5.34. The predicted molar refractivity (Wildman–Crippen MR) is 74.3 cm³/mol. The first-order chi connectivity index (χ1) is 9.10.